The fraction of sp³-hybridized carbons (Fsp3) is 0.192. The molecule has 0 unspecified atom stereocenters. The van der Waals surface area contributed by atoms with Gasteiger partial charge >= 0.3 is 5.97 Å². The number of hydrogen-bond donors (Lipinski definition) is 3. The average molecular weight is 473 g/mol. The van der Waals surface area contributed by atoms with Crippen LogP contribution in [0.2, 0.25) is 0 Å². The lowest BCUT2D eigenvalue weighted by molar-refractivity contribution is -0.119. The fourth-order valence-electron chi connectivity index (χ4n) is 3.64. The predicted octanol–water partition coefficient (Wildman–Crippen LogP) is 3.01. The number of carboxylic acids is 1. The van der Waals surface area contributed by atoms with Gasteiger partial charge in [-0.1, -0.05) is 41.6 Å². The van der Waals surface area contributed by atoms with Gasteiger partial charge in [-0.2, -0.15) is 0 Å². The van der Waals surface area contributed by atoms with E-state index in [4.69, 9.17) is 4.84 Å². The molecule has 0 radical (unpaired) electrons. The third-order valence-electron chi connectivity index (χ3n) is 5.51. The van der Waals surface area contributed by atoms with Crippen molar-refractivity contribution in [2.24, 2.45) is 5.16 Å². The zero-order chi connectivity index (χ0) is 24.8. The molecule has 2 heterocycles. The summed E-state index contributed by atoms with van der Waals surface area (Å²) in [6.45, 7) is 2.13. The number of benzene rings is 2. The van der Waals surface area contributed by atoms with Crippen molar-refractivity contribution >= 4 is 23.5 Å². The number of amides is 2. The molecule has 9 heteroatoms. The van der Waals surface area contributed by atoms with Crippen molar-refractivity contribution in [3.8, 4) is 11.3 Å². The molecule has 0 saturated heterocycles. The number of pyridine rings is 1. The van der Waals surface area contributed by atoms with Crippen molar-refractivity contribution in [1.82, 2.24) is 15.6 Å². The number of hydrogen-bond acceptors (Lipinski definition) is 6. The van der Waals surface area contributed by atoms with Gasteiger partial charge in [0.15, 0.2) is 0 Å². The van der Waals surface area contributed by atoms with Gasteiger partial charge in [0.05, 0.1) is 29.1 Å². The lowest BCUT2D eigenvalue weighted by Crippen LogP contribution is -2.30. The van der Waals surface area contributed by atoms with E-state index in [-0.39, 0.29) is 29.7 Å². The number of aromatic nitrogens is 1. The van der Waals surface area contributed by atoms with Crippen LogP contribution in [0.15, 0.2) is 72.0 Å². The summed E-state index contributed by atoms with van der Waals surface area (Å²) in [6, 6.07) is 17.5. The van der Waals surface area contributed by atoms with Crippen LogP contribution in [0.4, 0.5) is 0 Å². The molecular formula is C26H24N4O5. The van der Waals surface area contributed by atoms with Crippen molar-refractivity contribution in [2.75, 3.05) is 6.54 Å². The predicted molar refractivity (Wildman–Crippen MR) is 129 cm³/mol. The monoisotopic (exact) mass is 472 g/mol. The summed E-state index contributed by atoms with van der Waals surface area (Å²) in [5.74, 6) is -1.69. The van der Waals surface area contributed by atoms with Crippen LogP contribution in [-0.4, -0.2) is 46.2 Å². The molecule has 2 aromatic carbocycles. The quantitative estimate of drug-likeness (QED) is 0.462. The molecule has 4 rings (SSSR count). The van der Waals surface area contributed by atoms with Crippen LogP contribution in [0.3, 0.4) is 0 Å². The minimum Gasteiger partial charge on any atom is -0.478 e. The van der Waals surface area contributed by atoms with E-state index >= 15 is 0 Å². The van der Waals surface area contributed by atoms with Crippen LogP contribution >= 0.6 is 0 Å². The van der Waals surface area contributed by atoms with Gasteiger partial charge in [-0.25, -0.2) is 4.79 Å². The van der Waals surface area contributed by atoms with Gasteiger partial charge in [-0.05, 0) is 29.8 Å². The third-order valence-corrected chi connectivity index (χ3v) is 5.51. The van der Waals surface area contributed by atoms with E-state index in [2.05, 4.69) is 20.8 Å². The summed E-state index contributed by atoms with van der Waals surface area (Å²) in [6.07, 6.45) is 2.16. The summed E-state index contributed by atoms with van der Waals surface area (Å²) >= 11 is 0. The molecule has 0 bridgehead atoms. The number of aromatic carboxylic acids is 1. The van der Waals surface area contributed by atoms with Gasteiger partial charge in [0.25, 0.3) is 5.91 Å². The average Bonchev–Trinajstić information content (AvgIpc) is 3.35. The van der Waals surface area contributed by atoms with Crippen LogP contribution in [0.25, 0.3) is 11.3 Å². The van der Waals surface area contributed by atoms with E-state index in [1.54, 1.807) is 18.3 Å². The Balaban J connectivity index is 1.34. The highest BCUT2D eigenvalue weighted by Gasteiger charge is 2.22. The van der Waals surface area contributed by atoms with E-state index in [0.29, 0.717) is 13.0 Å². The molecule has 0 saturated carbocycles. The SMILES string of the molecule is CC(=O)NC[C@@H]1CC(c2ccc(-c3ccc(CNC(=O)c4ccccc4C(=O)O)cc3)nc2)=NO1. The summed E-state index contributed by atoms with van der Waals surface area (Å²) in [5.41, 5.74) is 4.31. The number of nitrogens with one attached hydrogen (secondary N) is 2. The van der Waals surface area contributed by atoms with Crippen molar-refractivity contribution < 1.29 is 24.3 Å². The second-order valence-electron chi connectivity index (χ2n) is 8.07. The van der Waals surface area contributed by atoms with Crippen LogP contribution in [-0.2, 0) is 16.2 Å². The molecule has 9 nitrogen and oxygen atoms in total. The van der Waals surface area contributed by atoms with E-state index in [1.165, 1.54) is 19.1 Å². The molecule has 2 amide bonds. The highest BCUT2D eigenvalue weighted by molar-refractivity contribution is 6.04. The van der Waals surface area contributed by atoms with Crippen molar-refractivity contribution in [2.45, 2.75) is 26.0 Å². The largest absolute Gasteiger partial charge is 0.478 e. The van der Waals surface area contributed by atoms with E-state index < -0.39 is 11.9 Å². The van der Waals surface area contributed by atoms with E-state index in [9.17, 15) is 19.5 Å². The van der Waals surface area contributed by atoms with Gasteiger partial charge in [-0.3, -0.25) is 14.6 Å². The Morgan fingerprint density at radius 1 is 0.971 bits per heavy atom. The molecule has 1 aliphatic heterocycles. The Kier molecular flexibility index (Phi) is 7.15. The molecule has 1 aliphatic rings. The second kappa shape index (κ2) is 10.6. The standard InChI is InChI=1S/C26H24N4O5/c1-16(31)27-15-20-12-24(30-35-20)19-10-11-23(28-14-19)18-8-6-17(7-9-18)13-29-25(32)21-4-2-3-5-22(21)26(33)34/h2-11,14,20H,12-13,15H2,1H3,(H,27,31)(H,29,32)(H,33,34)/t20-/m0/s1. The van der Waals surface area contributed by atoms with E-state index in [0.717, 1.165) is 28.1 Å². The molecule has 178 valence electrons. The van der Waals surface area contributed by atoms with Crippen LogP contribution < -0.4 is 10.6 Å². The zero-order valence-corrected chi connectivity index (χ0v) is 19.0. The number of carbonyl (C=O) groups excluding carboxylic acids is 2. The first-order chi connectivity index (χ1) is 16.9. The Morgan fingerprint density at radius 3 is 2.34 bits per heavy atom. The summed E-state index contributed by atoms with van der Waals surface area (Å²) in [7, 11) is 0. The summed E-state index contributed by atoms with van der Waals surface area (Å²) in [5, 5.41) is 18.9. The van der Waals surface area contributed by atoms with Gasteiger partial charge in [0.2, 0.25) is 5.91 Å². The van der Waals surface area contributed by atoms with Gasteiger partial charge in [0.1, 0.15) is 6.10 Å². The molecule has 1 aromatic heterocycles. The maximum atomic E-state index is 12.4. The molecule has 0 fully saturated rings. The molecule has 3 aromatic rings. The maximum Gasteiger partial charge on any atom is 0.336 e. The first-order valence-corrected chi connectivity index (χ1v) is 11.0. The molecular weight excluding hydrogens is 448 g/mol. The Hall–Kier alpha value is -4.53. The highest BCUT2D eigenvalue weighted by atomic mass is 16.6. The smallest absolute Gasteiger partial charge is 0.336 e. The molecule has 0 spiro atoms. The van der Waals surface area contributed by atoms with E-state index in [1.807, 2.05) is 36.4 Å². The number of nitrogens with zero attached hydrogens (tertiary/aromatic N) is 2. The topological polar surface area (TPSA) is 130 Å². The van der Waals surface area contributed by atoms with Crippen LogP contribution in [0.5, 0.6) is 0 Å². The second-order valence-corrected chi connectivity index (χ2v) is 8.07. The number of oxime groups is 1. The van der Waals surface area contributed by atoms with Crippen molar-refractivity contribution in [3.05, 3.63) is 89.1 Å². The first kappa shape index (κ1) is 23.6. The number of carbonyl (C=O) groups is 3. The van der Waals surface area contributed by atoms with Gasteiger partial charge in [0, 0.05) is 37.2 Å². The molecule has 3 N–H and O–H groups in total. The minimum atomic E-state index is -1.14. The summed E-state index contributed by atoms with van der Waals surface area (Å²) < 4.78 is 0. The Bertz CT molecular complexity index is 1270. The van der Waals surface area contributed by atoms with Crippen molar-refractivity contribution in [3.63, 3.8) is 0 Å². The Morgan fingerprint density at radius 2 is 1.69 bits per heavy atom. The molecule has 0 aliphatic carbocycles. The van der Waals surface area contributed by atoms with Crippen molar-refractivity contribution in [1.29, 1.82) is 0 Å². The molecule has 35 heavy (non-hydrogen) atoms. The zero-order valence-electron chi connectivity index (χ0n) is 19.0. The highest BCUT2D eigenvalue weighted by Crippen LogP contribution is 2.21. The van der Waals surface area contributed by atoms with Gasteiger partial charge < -0.3 is 20.6 Å². The number of carboxylic acid groups (broad SMARTS) is 1. The number of rotatable bonds is 8. The first-order valence-electron chi connectivity index (χ1n) is 11.0. The van der Waals surface area contributed by atoms with Crippen LogP contribution in [0, 0.1) is 0 Å². The minimum absolute atomic E-state index is 0.0340. The normalized spacial score (nSPS) is 14.5. The fourth-order valence-corrected chi connectivity index (χ4v) is 3.64. The Labute approximate surface area is 201 Å². The lowest BCUT2D eigenvalue weighted by Gasteiger charge is -2.09. The third kappa shape index (κ3) is 5.89. The molecule has 1 atom stereocenters. The van der Waals surface area contributed by atoms with Gasteiger partial charge in [-0.15, -0.1) is 0 Å². The van der Waals surface area contributed by atoms with Crippen LogP contribution in [0.1, 0.15) is 45.2 Å². The maximum absolute atomic E-state index is 12.4. The lowest BCUT2D eigenvalue weighted by atomic mass is 10.0. The summed E-state index contributed by atoms with van der Waals surface area (Å²) in [4.78, 5) is 44.7.